The van der Waals surface area contributed by atoms with Crippen LogP contribution in [0, 0.1) is 6.92 Å². The van der Waals surface area contributed by atoms with Gasteiger partial charge in [0, 0.05) is 13.2 Å². The average Bonchev–Trinajstić information content (AvgIpc) is 2.46. The Hall–Kier alpha value is -1.85. The van der Waals surface area contributed by atoms with Gasteiger partial charge in [-0.05, 0) is 13.8 Å². The van der Waals surface area contributed by atoms with Gasteiger partial charge in [-0.1, -0.05) is 0 Å². The van der Waals surface area contributed by atoms with E-state index in [0.717, 1.165) is 5.82 Å². The summed E-state index contributed by atoms with van der Waals surface area (Å²) in [6.45, 7) is 3.94. The van der Waals surface area contributed by atoms with E-state index < -0.39 is 6.09 Å². The molecule has 1 N–H and O–H groups in total. The van der Waals surface area contributed by atoms with Gasteiger partial charge in [0.2, 0.25) is 0 Å². The van der Waals surface area contributed by atoms with Gasteiger partial charge in [0.1, 0.15) is 5.82 Å². The predicted molar refractivity (Wildman–Crippen MR) is 56.3 cm³/mol. The molecule has 0 saturated heterocycles. The predicted octanol–water partition coefficient (Wildman–Crippen LogP) is 1.13. The lowest BCUT2D eigenvalue weighted by molar-refractivity contribution is 0.158. The van der Waals surface area contributed by atoms with Crippen molar-refractivity contribution in [2.45, 2.75) is 13.8 Å². The van der Waals surface area contributed by atoms with Crippen molar-refractivity contribution in [2.75, 3.05) is 6.61 Å². The van der Waals surface area contributed by atoms with E-state index in [-0.39, 0.29) is 0 Å². The first-order chi connectivity index (χ1) is 7.13. The molecule has 0 fully saturated rings. The quantitative estimate of drug-likeness (QED) is 0.600. The van der Waals surface area contributed by atoms with Crippen LogP contribution in [0.1, 0.15) is 12.7 Å². The van der Waals surface area contributed by atoms with Gasteiger partial charge in [0.05, 0.1) is 12.9 Å². The molecule has 0 aliphatic heterocycles. The monoisotopic (exact) mass is 210 g/mol. The molecule has 0 saturated carbocycles. The van der Waals surface area contributed by atoms with Crippen LogP contribution in [0.2, 0.25) is 0 Å². The number of carbonyl (C=O) groups is 1. The lowest BCUT2D eigenvalue weighted by atomic mass is 10.7. The Labute approximate surface area is 88.0 Å². The number of hydrogen-bond donors (Lipinski definition) is 1. The summed E-state index contributed by atoms with van der Waals surface area (Å²) in [5.74, 6) is 1.41. The van der Waals surface area contributed by atoms with Crippen LogP contribution in [0.25, 0.3) is 0 Å². The van der Waals surface area contributed by atoms with Crippen molar-refractivity contribution in [3.8, 4) is 0 Å². The topological polar surface area (TPSA) is 68.5 Å². The molecule has 0 spiro atoms. The number of hydrogen-bond acceptors (Lipinski definition) is 4. The molecule has 1 amide bonds. The van der Waals surface area contributed by atoms with Crippen molar-refractivity contribution in [3.05, 3.63) is 12.0 Å². The maximum absolute atomic E-state index is 10.9. The third-order valence-corrected chi connectivity index (χ3v) is 1.75. The molecule has 1 rings (SSSR count). The average molecular weight is 210 g/mol. The number of aromatic nitrogens is 2. The van der Waals surface area contributed by atoms with E-state index in [1.54, 1.807) is 13.1 Å². The number of aryl methyl sites for hydroxylation is 2. The Kier molecular flexibility index (Phi) is 3.84. The lowest BCUT2D eigenvalue weighted by Crippen LogP contribution is -2.22. The van der Waals surface area contributed by atoms with Gasteiger partial charge >= 0.3 is 6.09 Å². The Balaban J connectivity index is 2.48. The van der Waals surface area contributed by atoms with Gasteiger partial charge in [0.25, 0.3) is 0 Å². The van der Waals surface area contributed by atoms with Crippen molar-refractivity contribution < 1.29 is 9.53 Å². The Morgan fingerprint density at radius 3 is 3.07 bits per heavy atom. The number of ether oxygens (including phenoxy) is 1. The molecule has 0 aliphatic carbocycles. The largest absolute Gasteiger partial charge is 0.450 e. The van der Waals surface area contributed by atoms with E-state index in [1.807, 2.05) is 18.5 Å². The Bertz CT molecular complexity index is 351. The summed E-state index contributed by atoms with van der Waals surface area (Å²) >= 11 is 0. The van der Waals surface area contributed by atoms with Crippen LogP contribution in [0.3, 0.4) is 0 Å². The molecule has 0 aliphatic rings. The van der Waals surface area contributed by atoms with Crippen LogP contribution < -0.4 is 5.32 Å². The van der Waals surface area contributed by atoms with Gasteiger partial charge in [-0.25, -0.2) is 14.8 Å². The molecule has 1 aromatic rings. The first-order valence-electron chi connectivity index (χ1n) is 4.59. The number of aliphatic imine (C=N–C) groups is 1. The maximum Gasteiger partial charge on any atom is 0.412 e. The van der Waals surface area contributed by atoms with Crippen LogP contribution >= 0.6 is 0 Å². The molecule has 6 nitrogen and oxygen atoms in total. The summed E-state index contributed by atoms with van der Waals surface area (Å²) in [4.78, 5) is 18.9. The normalized spacial score (nSPS) is 10.6. The van der Waals surface area contributed by atoms with Crippen molar-refractivity contribution in [1.29, 1.82) is 0 Å². The molecule has 1 heterocycles. The zero-order valence-corrected chi connectivity index (χ0v) is 9.02. The molecule has 0 unspecified atom stereocenters. The minimum Gasteiger partial charge on any atom is -0.450 e. The minimum absolute atomic E-state index is 0.336. The number of rotatable bonds is 3. The summed E-state index contributed by atoms with van der Waals surface area (Å²) in [5.41, 5.74) is 0. The van der Waals surface area contributed by atoms with Crippen molar-refractivity contribution in [1.82, 2.24) is 14.9 Å². The van der Waals surface area contributed by atoms with E-state index >= 15 is 0 Å². The highest BCUT2D eigenvalue weighted by atomic mass is 16.5. The zero-order chi connectivity index (χ0) is 11.3. The molecule has 6 heteroatoms. The second-order valence-corrected chi connectivity index (χ2v) is 2.88. The number of nitrogens with one attached hydrogen (secondary N) is 1. The zero-order valence-electron chi connectivity index (χ0n) is 9.02. The first kappa shape index (κ1) is 11.2. The summed E-state index contributed by atoms with van der Waals surface area (Å²) in [6.07, 6.45) is 2.51. The number of imidazole rings is 1. The van der Waals surface area contributed by atoms with Gasteiger partial charge in [0.15, 0.2) is 5.82 Å². The van der Waals surface area contributed by atoms with E-state index in [9.17, 15) is 4.79 Å². The third-order valence-electron chi connectivity index (χ3n) is 1.75. The fourth-order valence-electron chi connectivity index (χ4n) is 0.926. The highest BCUT2D eigenvalue weighted by Gasteiger charge is 1.98. The molecule has 15 heavy (non-hydrogen) atoms. The number of nitrogens with zero attached hydrogens (tertiary/aromatic N) is 3. The number of carbonyl (C=O) groups excluding carboxylic acids is 1. The minimum atomic E-state index is -0.520. The van der Waals surface area contributed by atoms with Crippen LogP contribution in [0.15, 0.2) is 11.2 Å². The smallest absolute Gasteiger partial charge is 0.412 e. The fourth-order valence-corrected chi connectivity index (χ4v) is 0.926. The molecule has 82 valence electrons. The first-order valence-corrected chi connectivity index (χ1v) is 4.59. The molecule has 0 atom stereocenters. The second-order valence-electron chi connectivity index (χ2n) is 2.88. The van der Waals surface area contributed by atoms with Crippen molar-refractivity contribution >= 4 is 18.2 Å². The molecule has 0 radical (unpaired) electrons. The standard InChI is InChI=1S/C9H14N4O2/c1-4-15-9(14)11-6-10-8-5-13(3)7(2)12-8/h5-6H,4H2,1-3H3,(H,10,11,14). The molecule has 1 aromatic heterocycles. The SMILES string of the molecule is CCOC(=O)N/C=N/c1cn(C)c(C)n1. The van der Waals surface area contributed by atoms with Gasteiger partial charge < -0.3 is 9.30 Å². The van der Waals surface area contributed by atoms with E-state index in [4.69, 9.17) is 0 Å². The summed E-state index contributed by atoms with van der Waals surface area (Å²) in [6, 6.07) is 0. The van der Waals surface area contributed by atoms with Gasteiger partial charge in [-0.2, -0.15) is 0 Å². The Morgan fingerprint density at radius 1 is 1.80 bits per heavy atom. The van der Waals surface area contributed by atoms with Crippen molar-refractivity contribution in [2.24, 2.45) is 12.0 Å². The highest BCUT2D eigenvalue weighted by molar-refractivity contribution is 5.82. The molecular weight excluding hydrogens is 196 g/mol. The van der Waals surface area contributed by atoms with Crippen LogP contribution in [-0.4, -0.2) is 28.6 Å². The fraction of sp³-hybridized carbons (Fsp3) is 0.444. The van der Waals surface area contributed by atoms with Gasteiger partial charge in [-0.15, -0.1) is 0 Å². The number of amides is 1. The van der Waals surface area contributed by atoms with Crippen molar-refractivity contribution in [3.63, 3.8) is 0 Å². The van der Waals surface area contributed by atoms with Crippen LogP contribution in [0.5, 0.6) is 0 Å². The summed E-state index contributed by atoms with van der Waals surface area (Å²) in [7, 11) is 1.88. The maximum atomic E-state index is 10.9. The number of alkyl carbamates (subject to hydrolysis) is 1. The third kappa shape index (κ3) is 3.41. The van der Waals surface area contributed by atoms with Crippen LogP contribution in [0.4, 0.5) is 10.6 Å². The summed E-state index contributed by atoms with van der Waals surface area (Å²) in [5, 5.41) is 2.36. The van der Waals surface area contributed by atoms with E-state index in [0.29, 0.717) is 12.4 Å². The van der Waals surface area contributed by atoms with Crippen LogP contribution in [-0.2, 0) is 11.8 Å². The van der Waals surface area contributed by atoms with Gasteiger partial charge in [-0.3, -0.25) is 5.32 Å². The molecule has 0 bridgehead atoms. The molecule has 0 aromatic carbocycles. The second kappa shape index (κ2) is 5.14. The Morgan fingerprint density at radius 2 is 2.53 bits per heavy atom. The summed E-state index contributed by atoms with van der Waals surface area (Å²) < 4.78 is 6.49. The van der Waals surface area contributed by atoms with E-state index in [1.165, 1.54) is 6.34 Å². The highest BCUT2D eigenvalue weighted by Crippen LogP contribution is 2.07. The van der Waals surface area contributed by atoms with E-state index in [2.05, 4.69) is 20.0 Å². The lowest BCUT2D eigenvalue weighted by Gasteiger charge is -1.97. The molecular formula is C9H14N4O2.